The lowest BCUT2D eigenvalue weighted by Crippen LogP contribution is -1.86. The zero-order chi connectivity index (χ0) is 40.8. The van der Waals surface area contributed by atoms with E-state index in [0.29, 0.717) is 0 Å². The summed E-state index contributed by atoms with van der Waals surface area (Å²) in [6.07, 6.45) is 11.8. The SMILES string of the molecule is C/C=C(\C)Cc1ccc(/C=C/c2ccc(/C=C/c3ccc(C)cc3)cc2)cc1.CC.CC.Cc1cccc(C)c1.Cc1cccc(C)c1.Cc1ccccc1. The van der Waals surface area contributed by atoms with Crippen molar-refractivity contribution in [3.05, 3.63) is 225 Å². The number of rotatable bonds is 6. The third-order valence-corrected chi connectivity index (χ3v) is 8.19. The Hall–Kier alpha value is -5.46. The van der Waals surface area contributed by atoms with E-state index in [4.69, 9.17) is 0 Å². The van der Waals surface area contributed by atoms with Gasteiger partial charge in [0.2, 0.25) is 0 Å². The molecular weight excluding hydrogens is 661 g/mol. The first kappa shape index (κ1) is 47.6. The van der Waals surface area contributed by atoms with Crippen LogP contribution in [0, 0.1) is 41.5 Å². The van der Waals surface area contributed by atoms with Crippen LogP contribution in [0.1, 0.15) is 103 Å². The minimum absolute atomic E-state index is 1.03. The lowest BCUT2D eigenvalue weighted by molar-refractivity contribution is 1.13. The van der Waals surface area contributed by atoms with Crippen LogP contribution in [0.5, 0.6) is 0 Å². The average Bonchev–Trinajstić information content (AvgIpc) is 3.20. The first-order valence-electron chi connectivity index (χ1n) is 19.9. The molecule has 0 N–H and O–H groups in total. The Balaban J connectivity index is 0.000000450. The van der Waals surface area contributed by atoms with Crippen molar-refractivity contribution in [2.24, 2.45) is 0 Å². The fourth-order valence-corrected chi connectivity index (χ4v) is 5.10. The Morgan fingerprint density at radius 3 is 0.927 bits per heavy atom. The van der Waals surface area contributed by atoms with Crippen molar-refractivity contribution >= 4 is 24.3 Å². The molecule has 0 aliphatic rings. The summed E-state index contributed by atoms with van der Waals surface area (Å²) >= 11 is 0. The predicted octanol–water partition coefficient (Wildman–Crippen LogP) is 16.5. The zero-order valence-electron chi connectivity index (χ0n) is 36.0. The van der Waals surface area contributed by atoms with E-state index < -0.39 is 0 Å². The van der Waals surface area contributed by atoms with Gasteiger partial charge in [0, 0.05) is 0 Å². The summed E-state index contributed by atoms with van der Waals surface area (Å²) in [7, 11) is 0. The molecule has 0 fully saturated rings. The molecule has 0 saturated heterocycles. The molecule has 6 rings (SSSR count). The number of aryl methyl sites for hydroxylation is 6. The fourth-order valence-electron chi connectivity index (χ4n) is 5.10. The molecule has 55 heavy (non-hydrogen) atoms. The van der Waals surface area contributed by atoms with Crippen LogP contribution >= 0.6 is 0 Å². The highest BCUT2D eigenvalue weighted by Crippen LogP contribution is 2.15. The lowest BCUT2D eigenvalue weighted by Gasteiger charge is -2.02. The second-order valence-electron chi connectivity index (χ2n) is 13.3. The molecule has 0 aliphatic heterocycles. The molecule has 288 valence electrons. The van der Waals surface area contributed by atoms with Gasteiger partial charge in [-0.05, 0) is 89.6 Å². The van der Waals surface area contributed by atoms with Gasteiger partial charge in [-0.2, -0.15) is 0 Å². The fraction of sp³-hybridized carbons (Fsp3) is 0.236. The van der Waals surface area contributed by atoms with Gasteiger partial charge in [-0.1, -0.05) is 249 Å². The molecule has 0 saturated carbocycles. The van der Waals surface area contributed by atoms with Gasteiger partial charge >= 0.3 is 0 Å². The molecule has 0 atom stereocenters. The predicted molar refractivity (Wildman–Crippen MR) is 251 cm³/mol. The summed E-state index contributed by atoms with van der Waals surface area (Å²) in [6, 6.07) is 53.2. The number of hydrogen-bond donors (Lipinski definition) is 0. The van der Waals surface area contributed by atoms with Crippen LogP contribution in [0.25, 0.3) is 24.3 Å². The summed E-state index contributed by atoms with van der Waals surface area (Å²) in [4.78, 5) is 0. The normalized spacial score (nSPS) is 10.2. The molecule has 6 aromatic rings. The van der Waals surface area contributed by atoms with Gasteiger partial charge in [-0.25, -0.2) is 0 Å². The van der Waals surface area contributed by atoms with Gasteiger partial charge < -0.3 is 0 Å². The van der Waals surface area contributed by atoms with Crippen LogP contribution in [0.2, 0.25) is 0 Å². The topological polar surface area (TPSA) is 0 Å². The molecule has 0 nitrogen and oxygen atoms in total. The van der Waals surface area contributed by atoms with Crippen LogP contribution in [0.3, 0.4) is 0 Å². The third kappa shape index (κ3) is 22.4. The molecule has 0 unspecified atom stereocenters. The van der Waals surface area contributed by atoms with Crippen molar-refractivity contribution in [3.8, 4) is 0 Å². The van der Waals surface area contributed by atoms with E-state index in [9.17, 15) is 0 Å². The number of hydrogen-bond acceptors (Lipinski definition) is 0. The van der Waals surface area contributed by atoms with Crippen molar-refractivity contribution in [2.45, 2.75) is 89.5 Å². The van der Waals surface area contributed by atoms with E-state index in [0.717, 1.165) is 6.42 Å². The number of allylic oxidation sites excluding steroid dienone is 2. The molecule has 0 bridgehead atoms. The molecule has 0 aliphatic carbocycles. The Morgan fingerprint density at radius 2 is 0.655 bits per heavy atom. The van der Waals surface area contributed by atoms with Crippen molar-refractivity contribution in [1.82, 2.24) is 0 Å². The highest BCUT2D eigenvalue weighted by atomic mass is 14.0. The first-order chi connectivity index (χ1) is 26.6. The Labute approximate surface area is 337 Å². The molecule has 0 radical (unpaired) electrons. The van der Waals surface area contributed by atoms with Gasteiger partial charge in [-0.3, -0.25) is 0 Å². The maximum atomic E-state index is 2.21. The van der Waals surface area contributed by atoms with E-state index in [1.165, 1.54) is 66.8 Å². The van der Waals surface area contributed by atoms with Crippen LogP contribution in [0.4, 0.5) is 0 Å². The van der Waals surface area contributed by atoms with E-state index in [1.54, 1.807) is 0 Å². The van der Waals surface area contributed by atoms with E-state index in [-0.39, 0.29) is 0 Å². The Kier molecular flexibility index (Phi) is 25.0. The van der Waals surface area contributed by atoms with Crippen LogP contribution in [-0.4, -0.2) is 0 Å². The molecule has 0 spiro atoms. The maximum absolute atomic E-state index is 2.21. The van der Waals surface area contributed by atoms with Gasteiger partial charge in [0.25, 0.3) is 0 Å². The van der Waals surface area contributed by atoms with Crippen molar-refractivity contribution in [3.63, 3.8) is 0 Å². The monoisotopic (exact) mass is 729 g/mol. The Morgan fingerprint density at radius 1 is 0.364 bits per heavy atom. The number of benzene rings is 6. The summed E-state index contributed by atoms with van der Waals surface area (Å²) in [5, 5.41) is 0. The summed E-state index contributed by atoms with van der Waals surface area (Å²) in [5.74, 6) is 0. The Bertz CT molecular complexity index is 1860. The molecule has 0 heteroatoms. The summed E-state index contributed by atoms with van der Waals surface area (Å²) in [5.41, 5.74) is 15.6. The highest BCUT2D eigenvalue weighted by molar-refractivity contribution is 5.73. The minimum atomic E-state index is 1.03. The maximum Gasteiger partial charge on any atom is -0.00700 e. The third-order valence-electron chi connectivity index (χ3n) is 8.19. The second kappa shape index (κ2) is 29.0. The average molecular weight is 729 g/mol. The van der Waals surface area contributed by atoms with Crippen LogP contribution < -0.4 is 0 Å². The van der Waals surface area contributed by atoms with Crippen molar-refractivity contribution < 1.29 is 0 Å². The molecule has 0 aromatic heterocycles. The van der Waals surface area contributed by atoms with E-state index >= 15 is 0 Å². The second-order valence-corrected chi connectivity index (χ2v) is 13.3. The van der Waals surface area contributed by atoms with Gasteiger partial charge in [0.15, 0.2) is 0 Å². The van der Waals surface area contributed by atoms with Crippen LogP contribution in [-0.2, 0) is 6.42 Å². The lowest BCUT2D eigenvalue weighted by atomic mass is 10.0. The zero-order valence-corrected chi connectivity index (χ0v) is 36.0. The molecular formula is C55H68. The quantitative estimate of drug-likeness (QED) is 0.118. The highest BCUT2D eigenvalue weighted by Gasteiger charge is 1.95. The smallest absolute Gasteiger partial charge is 0.00700 e. The summed E-state index contributed by atoms with van der Waals surface area (Å²) in [6.45, 7) is 24.9. The van der Waals surface area contributed by atoms with E-state index in [2.05, 4.69) is 219 Å². The largest absolute Gasteiger partial charge is 0.0884 e. The standard InChI is InChI=1S/C28H28.2C8H10.C7H8.2C2H6/c1-4-22(2)21-28-19-17-27(18-20-28)16-15-26-13-11-25(12-14-26)10-9-24-7-5-23(3)6-8-24;2*1-7-4-3-5-8(2)6-7;1-7-5-3-2-4-6-7;2*1-2/h4-20H,21H2,1-3H3;2*3-6H,1-2H3;2-6H,1H3;2*1-2H3/b10-9+,16-15+,22-4+;;;;;. The minimum Gasteiger partial charge on any atom is -0.0884 e. The van der Waals surface area contributed by atoms with Gasteiger partial charge in [-0.15, -0.1) is 0 Å². The van der Waals surface area contributed by atoms with Crippen LogP contribution in [0.15, 0.2) is 163 Å². The van der Waals surface area contributed by atoms with Crippen molar-refractivity contribution in [2.75, 3.05) is 0 Å². The molecule has 0 amide bonds. The molecule has 6 aromatic carbocycles. The van der Waals surface area contributed by atoms with Crippen molar-refractivity contribution in [1.29, 1.82) is 0 Å². The first-order valence-corrected chi connectivity index (χ1v) is 19.9. The van der Waals surface area contributed by atoms with E-state index in [1.807, 2.05) is 45.9 Å². The molecule has 0 heterocycles. The van der Waals surface area contributed by atoms with Gasteiger partial charge in [0.05, 0.1) is 0 Å². The van der Waals surface area contributed by atoms with Gasteiger partial charge in [0.1, 0.15) is 0 Å². The summed E-state index contributed by atoms with van der Waals surface area (Å²) < 4.78 is 0.